The lowest BCUT2D eigenvalue weighted by Gasteiger charge is -2.15. The van der Waals surface area contributed by atoms with Gasteiger partial charge in [-0.25, -0.2) is 0 Å². The lowest BCUT2D eigenvalue weighted by atomic mass is 10.2. The van der Waals surface area contributed by atoms with Crippen molar-refractivity contribution in [1.82, 2.24) is 10.2 Å². The van der Waals surface area contributed by atoms with Crippen LogP contribution in [0.3, 0.4) is 0 Å². The number of carbonyl (C=O) groups excluding carboxylic acids is 3. The Labute approximate surface area is 154 Å². The molecule has 1 aliphatic heterocycles. The van der Waals surface area contributed by atoms with E-state index in [0.29, 0.717) is 47.7 Å². The van der Waals surface area contributed by atoms with Gasteiger partial charge < -0.3 is 14.8 Å². The van der Waals surface area contributed by atoms with Crippen molar-refractivity contribution >= 4 is 33.7 Å². The number of hydrogen-bond donors (Lipinski definition) is 1. The van der Waals surface area contributed by atoms with Crippen LogP contribution in [-0.2, 0) is 9.59 Å². The number of imide groups is 1. The van der Waals surface area contributed by atoms with E-state index in [4.69, 9.17) is 9.47 Å². The van der Waals surface area contributed by atoms with Crippen LogP contribution in [0.2, 0.25) is 0 Å². The highest BCUT2D eigenvalue weighted by Crippen LogP contribution is 2.36. The number of halogens is 1. The van der Waals surface area contributed by atoms with Crippen molar-refractivity contribution in [3.8, 4) is 11.5 Å². The zero-order valence-electron chi connectivity index (χ0n) is 14.3. The van der Waals surface area contributed by atoms with Gasteiger partial charge in [0.1, 0.15) is 0 Å². The van der Waals surface area contributed by atoms with E-state index in [1.807, 2.05) is 6.92 Å². The summed E-state index contributed by atoms with van der Waals surface area (Å²) in [6.45, 7) is 3.04. The largest absolute Gasteiger partial charge is 0.493 e. The molecule has 8 heteroatoms. The zero-order valence-corrected chi connectivity index (χ0v) is 15.8. The Morgan fingerprint density at radius 1 is 1.28 bits per heavy atom. The van der Waals surface area contributed by atoms with Crippen LogP contribution in [0.1, 0.15) is 36.5 Å². The molecule has 1 saturated heterocycles. The predicted molar refractivity (Wildman–Crippen MR) is 94.8 cm³/mol. The molecular weight excluding hydrogens is 392 g/mol. The minimum Gasteiger partial charge on any atom is -0.493 e. The number of nitrogens with zero attached hydrogens (tertiary/aromatic N) is 1. The van der Waals surface area contributed by atoms with E-state index in [9.17, 15) is 14.4 Å². The number of rotatable bonds is 8. The molecule has 1 heterocycles. The first kappa shape index (κ1) is 19.2. The van der Waals surface area contributed by atoms with E-state index in [1.165, 1.54) is 12.0 Å². The first-order valence-corrected chi connectivity index (χ1v) is 8.89. The molecule has 1 N–H and O–H groups in total. The standard InChI is InChI=1S/C17H21BrN2O5/c1-3-25-16-12(18)9-11(10-13(16)24-2)17(23)19-7-4-8-20-14(21)5-6-15(20)22/h9-10H,3-8H2,1-2H3,(H,19,23). The van der Waals surface area contributed by atoms with Crippen LogP contribution in [0.5, 0.6) is 11.5 Å². The fourth-order valence-corrected chi connectivity index (χ4v) is 3.11. The normalized spacial score (nSPS) is 14.0. The number of benzene rings is 1. The second-order valence-corrected chi connectivity index (χ2v) is 6.33. The van der Waals surface area contributed by atoms with Crippen molar-refractivity contribution in [3.05, 3.63) is 22.2 Å². The summed E-state index contributed by atoms with van der Waals surface area (Å²) in [6.07, 6.45) is 1.08. The van der Waals surface area contributed by atoms with Crippen molar-refractivity contribution in [1.29, 1.82) is 0 Å². The van der Waals surface area contributed by atoms with E-state index in [0.717, 1.165) is 0 Å². The van der Waals surface area contributed by atoms with Crippen molar-refractivity contribution in [3.63, 3.8) is 0 Å². The molecule has 1 aromatic carbocycles. The highest BCUT2D eigenvalue weighted by molar-refractivity contribution is 9.10. The molecule has 1 aromatic rings. The molecule has 0 aliphatic carbocycles. The van der Waals surface area contributed by atoms with Gasteiger partial charge in [0, 0.05) is 31.5 Å². The van der Waals surface area contributed by atoms with Gasteiger partial charge >= 0.3 is 0 Å². The average molecular weight is 413 g/mol. The molecule has 2 rings (SSSR count). The second kappa shape index (κ2) is 8.84. The number of carbonyl (C=O) groups is 3. The first-order valence-electron chi connectivity index (χ1n) is 8.09. The minimum atomic E-state index is -0.263. The Balaban J connectivity index is 1.91. The highest BCUT2D eigenvalue weighted by Gasteiger charge is 2.28. The van der Waals surface area contributed by atoms with Crippen molar-refractivity contribution in [2.24, 2.45) is 0 Å². The number of ether oxygens (including phenoxy) is 2. The molecule has 0 radical (unpaired) electrons. The minimum absolute atomic E-state index is 0.142. The maximum absolute atomic E-state index is 12.3. The van der Waals surface area contributed by atoms with Crippen LogP contribution < -0.4 is 14.8 Å². The Hall–Kier alpha value is -2.09. The third-order valence-corrected chi connectivity index (χ3v) is 4.37. The predicted octanol–water partition coefficient (Wildman–Crippen LogP) is 2.13. The quantitative estimate of drug-likeness (QED) is 0.522. The Kier molecular flexibility index (Phi) is 6.81. The summed E-state index contributed by atoms with van der Waals surface area (Å²) in [5.41, 5.74) is 0.431. The number of nitrogens with one attached hydrogen (secondary N) is 1. The van der Waals surface area contributed by atoms with Gasteiger partial charge in [0.25, 0.3) is 5.91 Å². The molecule has 0 bridgehead atoms. The Morgan fingerprint density at radius 2 is 1.96 bits per heavy atom. The van der Waals surface area contributed by atoms with Crippen LogP contribution in [0, 0.1) is 0 Å². The molecule has 0 aromatic heterocycles. The molecule has 1 aliphatic rings. The van der Waals surface area contributed by atoms with Crippen LogP contribution in [0.4, 0.5) is 0 Å². The lowest BCUT2D eigenvalue weighted by molar-refractivity contribution is -0.138. The molecule has 136 valence electrons. The van der Waals surface area contributed by atoms with Gasteiger partial charge in [-0.1, -0.05) is 0 Å². The smallest absolute Gasteiger partial charge is 0.251 e. The van der Waals surface area contributed by atoms with Crippen LogP contribution in [0.25, 0.3) is 0 Å². The molecule has 0 spiro atoms. The number of amides is 3. The summed E-state index contributed by atoms with van der Waals surface area (Å²) in [6, 6.07) is 3.27. The Bertz CT molecular complexity index is 661. The third kappa shape index (κ3) is 4.72. The molecule has 0 unspecified atom stereocenters. The van der Waals surface area contributed by atoms with E-state index in [-0.39, 0.29) is 30.6 Å². The number of hydrogen-bond acceptors (Lipinski definition) is 5. The van der Waals surface area contributed by atoms with Crippen molar-refractivity contribution in [2.75, 3.05) is 26.8 Å². The molecule has 7 nitrogen and oxygen atoms in total. The molecule has 25 heavy (non-hydrogen) atoms. The maximum atomic E-state index is 12.3. The summed E-state index contributed by atoms with van der Waals surface area (Å²) in [5, 5.41) is 2.78. The van der Waals surface area contributed by atoms with E-state index in [1.54, 1.807) is 12.1 Å². The zero-order chi connectivity index (χ0) is 18.4. The van der Waals surface area contributed by atoms with Crippen LogP contribution in [-0.4, -0.2) is 49.4 Å². The SMILES string of the molecule is CCOc1c(Br)cc(C(=O)NCCCN2C(=O)CCC2=O)cc1OC. The fourth-order valence-electron chi connectivity index (χ4n) is 2.55. The van der Waals surface area contributed by atoms with E-state index >= 15 is 0 Å². The van der Waals surface area contributed by atoms with Gasteiger partial charge in [-0.15, -0.1) is 0 Å². The van der Waals surface area contributed by atoms with Crippen LogP contribution >= 0.6 is 15.9 Å². The molecule has 1 fully saturated rings. The molecular formula is C17H21BrN2O5. The first-order chi connectivity index (χ1) is 12.0. The van der Waals surface area contributed by atoms with Gasteiger partial charge in [-0.05, 0) is 41.4 Å². The summed E-state index contributed by atoms with van der Waals surface area (Å²) in [4.78, 5) is 36.6. The van der Waals surface area contributed by atoms with Gasteiger partial charge in [0.2, 0.25) is 11.8 Å². The summed E-state index contributed by atoms with van der Waals surface area (Å²) in [7, 11) is 1.51. The number of methoxy groups -OCH3 is 1. The monoisotopic (exact) mass is 412 g/mol. The summed E-state index contributed by atoms with van der Waals surface area (Å²) >= 11 is 3.38. The lowest BCUT2D eigenvalue weighted by Crippen LogP contribution is -2.33. The van der Waals surface area contributed by atoms with Gasteiger partial charge in [-0.3, -0.25) is 19.3 Å². The third-order valence-electron chi connectivity index (χ3n) is 3.78. The molecule has 3 amide bonds. The van der Waals surface area contributed by atoms with Gasteiger partial charge in [-0.2, -0.15) is 0 Å². The van der Waals surface area contributed by atoms with Gasteiger partial charge in [0.15, 0.2) is 11.5 Å². The Morgan fingerprint density at radius 3 is 2.56 bits per heavy atom. The molecule has 0 atom stereocenters. The fraction of sp³-hybridized carbons (Fsp3) is 0.471. The summed E-state index contributed by atoms with van der Waals surface area (Å²) < 4.78 is 11.4. The maximum Gasteiger partial charge on any atom is 0.251 e. The van der Waals surface area contributed by atoms with Crippen molar-refractivity contribution in [2.45, 2.75) is 26.2 Å². The number of likely N-dealkylation sites (tertiary alicyclic amines) is 1. The second-order valence-electron chi connectivity index (χ2n) is 5.47. The molecule has 0 saturated carbocycles. The van der Waals surface area contributed by atoms with E-state index < -0.39 is 0 Å². The van der Waals surface area contributed by atoms with Gasteiger partial charge in [0.05, 0.1) is 18.2 Å². The van der Waals surface area contributed by atoms with E-state index in [2.05, 4.69) is 21.2 Å². The summed E-state index contributed by atoms with van der Waals surface area (Å²) in [5.74, 6) is 0.469. The highest BCUT2D eigenvalue weighted by atomic mass is 79.9. The van der Waals surface area contributed by atoms with Crippen molar-refractivity contribution < 1.29 is 23.9 Å². The topological polar surface area (TPSA) is 84.9 Å². The average Bonchev–Trinajstić information content (AvgIpc) is 2.91. The van der Waals surface area contributed by atoms with Crippen LogP contribution in [0.15, 0.2) is 16.6 Å².